The molecule has 2 aromatic rings. The second-order valence-electron chi connectivity index (χ2n) is 3.29. The summed E-state index contributed by atoms with van der Waals surface area (Å²) in [6.07, 6.45) is 0. The molecule has 1 aromatic heterocycles. The van der Waals surface area contributed by atoms with Gasteiger partial charge in [0.15, 0.2) is 0 Å². The zero-order chi connectivity index (χ0) is 9.97. The Labute approximate surface area is 88.3 Å². The van der Waals surface area contributed by atoms with Gasteiger partial charge in [-0.05, 0) is 13.0 Å². The summed E-state index contributed by atoms with van der Waals surface area (Å²) < 4.78 is 0. The fourth-order valence-electron chi connectivity index (χ4n) is 1.68. The van der Waals surface area contributed by atoms with Gasteiger partial charge in [-0.3, -0.25) is 0 Å². The van der Waals surface area contributed by atoms with E-state index in [1.54, 1.807) is 0 Å². The number of hydrogen-bond acceptors (Lipinski definition) is 1. The van der Waals surface area contributed by atoms with Crippen LogP contribution < -0.4 is 5.32 Å². The van der Waals surface area contributed by atoms with Crippen LogP contribution in [0.1, 0.15) is 5.69 Å². The maximum absolute atomic E-state index is 5.65. The lowest BCUT2D eigenvalue weighted by atomic mass is 10.2. The average Bonchev–Trinajstić information content (AvgIpc) is 2.51. The second-order valence-corrected chi connectivity index (χ2v) is 3.66. The van der Waals surface area contributed by atoms with Gasteiger partial charge >= 0.3 is 0 Å². The Hall–Kier alpha value is -1.15. The monoisotopic (exact) mass is 208 g/mol. The first-order chi connectivity index (χ1) is 6.83. The molecule has 14 heavy (non-hydrogen) atoms. The van der Waals surface area contributed by atoms with E-state index in [0.29, 0.717) is 5.88 Å². The lowest BCUT2D eigenvalue weighted by Gasteiger charge is -2.03. The Bertz CT molecular complexity index is 434. The molecule has 0 aliphatic heterocycles. The Morgan fingerprint density at radius 2 is 2.14 bits per heavy atom. The number of alkyl halides is 1. The number of fused-ring (bicyclic) bond motifs is 1. The molecule has 2 nitrogen and oxygen atoms in total. The molecule has 0 radical (unpaired) electrons. The summed E-state index contributed by atoms with van der Waals surface area (Å²) in [6.45, 7) is 2.86. The molecule has 0 bridgehead atoms. The third kappa shape index (κ3) is 1.58. The first-order valence-corrected chi connectivity index (χ1v) is 5.23. The molecule has 74 valence electrons. The highest BCUT2D eigenvalue weighted by Gasteiger charge is 2.05. The van der Waals surface area contributed by atoms with Crippen LogP contribution in [-0.2, 0) is 0 Å². The van der Waals surface area contributed by atoms with Crippen molar-refractivity contribution >= 4 is 28.2 Å². The molecule has 0 saturated heterocycles. The fraction of sp³-hybridized carbons (Fsp3) is 0.273. The van der Waals surface area contributed by atoms with Gasteiger partial charge in [-0.25, -0.2) is 0 Å². The molecule has 3 heteroatoms. The zero-order valence-corrected chi connectivity index (χ0v) is 8.86. The van der Waals surface area contributed by atoms with Crippen molar-refractivity contribution in [3.05, 3.63) is 30.0 Å². The minimum absolute atomic E-state index is 0.624. The van der Waals surface area contributed by atoms with Gasteiger partial charge in [0.2, 0.25) is 0 Å². The SMILES string of the molecule is Cc1[nH]c2ccccc2c1NCCCl. The van der Waals surface area contributed by atoms with E-state index >= 15 is 0 Å². The van der Waals surface area contributed by atoms with E-state index in [9.17, 15) is 0 Å². The number of para-hydroxylation sites is 1. The van der Waals surface area contributed by atoms with Crippen LogP contribution in [0.15, 0.2) is 24.3 Å². The van der Waals surface area contributed by atoms with E-state index in [0.717, 1.165) is 12.2 Å². The molecular weight excluding hydrogens is 196 g/mol. The number of aryl methyl sites for hydroxylation is 1. The summed E-state index contributed by atoms with van der Waals surface area (Å²) in [4.78, 5) is 3.33. The molecule has 0 amide bonds. The van der Waals surface area contributed by atoms with Crippen molar-refractivity contribution < 1.29 is 0 Å². The number of hydrogen-bond donors (Lipinski definition) is 2. The summed E-state index contributed by atoms with van der Waals surface area (Å²) >= 11 is 5.65. The van der Waals surface area contributed by atoms with Crippen molar-refractivity contribution in [1.82, 2.24) is 4.98 Å². The van der Waals surface area contributed by atoms with Gasteiger partial charge in [0.05, 0.1) is 5.69 Å². The summed E-state index contributed by atoms with van der Waals surface area (Å²) in [7, 11) is 0. The Kier molecular flexibility index (Phi) is 2.64. The zero-order valence-electron chi connectivity index (χ0n) is 8.10. The standard InChI is InChI=1S/C11H13ClN2/c1-8-11(13-7-6-12)9-4-2-3-5-10(9)14-8/h2-5,13-14H,6-7H2,1H3. The van der Waals surface area contributed by atoms with E-state index in [1.807, 2.05) is 12.1 Å². The van der Waals surface area contributed by atoms with Crippen molar-refractivity contribution in [1.29, 1.82) is 0 Å². The number of rotatable bonds is 3. The molecule has 0 spiro atoms. The molecule has 2 N–H and O–H groups in total. The quantitative estimate of drug-likeness (QED) is 0.746. The molecule has 2 rings (SSSR count). The minimum Gasteiger partial charge on any atom is -0.382 e. The molecule has 0 unspecified atom stereocenters. The second kappa shape index (κ2) is 3.93. The number of H-pyrrole nitrogens is 1. The molecule has 1 aromatic carbocycles. The van der Waals surface area contributed by atoms with Crippen LogP contribution in [0.4, 0.5) is 5.69 Å². The highest BCUT2D eigenvalue weighted by Crippen LogP contribution is 2.26. The molecule has 0 fully saturated rings. The minimum atomic E-state index is 0.624. The topological polar surface area (TPSA) is 27.8 Å². The van der Waals surface area contributed by atoms with Crippen molar-refractivity contribution in [3.63, 3.8) is 0 Å². The third-order valence-electron chi connectivity index (χ3n) is 2.29. The van der Waals surface area contributed by atoms with E-state index in [-0.39, 0.29) is 0 Å². The predicted molar refractivity (Wildman–Crippen MR) is 62.2 cm³/mol. The van der Waals surface area contributed by atoms with Crippen LogP contribution >= 0.6 is 11.6 Å². The Balaban J connectivity index is 2.45. The lowest BCUT2D eigenvalue weighted by molar-refractivity contribution is 1.20. The van der Waals surface area contributed by atoms with E-state index in [1.165, 1.54) is 16.6 Å². The van der Waals surface area contributed by atoms with Gasteiger partial charge in [0.1, 0.15) is 0 Å². The van der Waals surface area contributed by atoms with Crippen LogP contribution in [0, 0.1) is 6.92 Å². The number of aromatic amines is 1. The number of aromatic nitrogens is 1. The predicted octanol–water partition coefficient (Wildman–Crippen LogP) is 3.13. The largest absolute Gasteiger partial charge is 0.382 e. The lowest BCUT2D eigenvalue weighted by Crippen LogP contribution is -2.02. The highest BCUT2D eigenvalue weighted by atomic mass is 35.5. The average molecular weight is 209 g/mol. The fourth-order valence-corrected chi connectivity index (χ4v) is 1.77. The summed E-state index contributed by atoms with van der Waals surface area (Å²) in [5.74, 6) is 0.624. The van der Waals surface area contributed by atoms with E-state index < -0.39 is 0 Å². The van der Waals surface area contributed by atoms with E-state index in [2.05, 4.69) is 29.4 Å². The smallest absolute Gasteiger partial charge is 0.0628 e. The Morgan fingerprint density at radius 1 is 1.36 bits per heavy atom. The maximum atomic E-state index is 5.65. The van der Waals surface area contributed by atoms with Gasteiger partial charge in [-0.1, -0.05) is 18.2 Å². The first kappa shape index (κ1) is 9.41. The van der Waals surface area contributed by atoms with E-state index in [4.69, 9.17) is 11.6 Å². The van der Waals surface area contributed by atoms with Gasteiger partial charge in [0, 0.05) is 29.0 Å². The molecule has 0 aliphatic rings. The van der Waals surface area contributed by atoms with Crippen LogP contribution in [0.5, 0.6) is 0 Å². The van der Waals surface area contributed by atoms with Crippen molar-refractivity contribution in [3.8, 4) is 0 Å². The number of benzene rings is 1. The maximum Gasteiger partial charge on any atom is 0.0628 e. The summed E-state index contributed by atoms with van der Waals surface area (Å²) in [6, 6.07) is 8.26. The number of nitrogens with one attached hydrogen (secondary N) is 2. The van der Waals surface area contributed by atoms with Crippen molar-refractivity contribution in [2.75, 3.05) is 17.7 Å². The highest BCUT2D eigenvalue weighted by molar-refractivity contribution is 6.18. The molecule has 1 heterocycles. The number of halogens is 1. The van der Waals surface area contributed by atoms with Gasteiger partial charge in [-0.15, -0.1) is 11.6 Å². The summed E-state index contributed by atoms with van der Waals surface area (Å²) in [5.41, 5.74) is 3.50. The Morgan fingerprint density at radius 3 is 2.93 bits per heavy atom. The molecule has 0 aliphatic carbocycles. The van der Waals surface area contributed by atoms with Crippen LogP contribution in [0.2, 0.25) is 0 Å². The molecular formula is C11H13ClN2. The number of anilines is 1. The first-order valence-electron chi connectivity index (χ1n) is 4.70. The normalized spacial score (nSPS) is 10.7. The van der Waals surface area contributed by atoms with Crippen LogP contribution in [0.3, 0.4) is 0 Å². The van der Waals surface area contributed by atoms with Gasteiger partial charge < -0.3 is 10.3 Å². The van der Waals surface area contributed by atoms with Crippen molar-refractivity contribution in [2.45, 2.75) is 6.92 Å². The van der Waals surface area contributed by atoms with Crippen LogP contribution in [-0.4, -0.2) is 17.4 Å². The summed E-state index contributed by atoms with van der Waals surface area (Å²) in [5, 5.41) is 4.55. The molecule has 0 atom stereocenters. The van der Waals surface area contributed by atoms with Gasteiger partial charge in [-0.2, -0.15) is 0 Å². The third-order valence-corrected chi connectivity index (χ3v) is 2.48. The van der Waals surface area contributed by atoms with Gasteiger partial charge in [0.25, 0.3) is 0 Å². The van der Waals surface area contributed by atoms with Crippen molar-refractivity contribution in [2.24, 2.45) is 0 Å². The van der Waals surface area contributed by atoms with Crippen LogP contribution in [0.25, 0.3) is 10.9 Å². The molecule has 0 saturated carbocycles.